The molecule has 3 aromatic rings. The lowest BCUT2D eigenvalue weighted by atomic mass is 10.1. The largest absolute Gasteiger partial charge is 0.382 e. The Morgan fingerprint density at radius 2 is 1.48 bits per heavy atom. The second-order valence-corrected chi connectivity index (χ2v) is 9.94. The number of carbonyl (C=O) groups excluding carboxylic acids is 2. The molecular weight excluding hydrogens is 472 g/mol. The number of primary sulfonamides is 1. The molecule has 3 rings (SSSR count). The number of carbonyl (C=O) groups is 2. The van der Waals surface area contributed by atoms with Crippen molar-refractivity contribution in [3.63, 3.8) is 0 Å². The predicted molar refractivity (Wildman–Crippen MR) is 119 cm³/mol. The summed E-state index contributed by atoms with van der Waals surface area (Å²) in [6.07, 6.45) is 1.32. The SMILES string of the molecule is CC(=O)NS(=O)(=O)c1ccc(NC(=O)c2nc(-c3ccc(S(N)(=O)=O)cc3)cnc2N)cc1. The minimum absolute atomic E-state index is 0.0865. The second-order valence-electron chi connectivity index (χ2n) is 6.70. The van der Waals surface area contributed by atoms with Gasteiger partial charge in [0.15, 0.2) is 11.5 Å². The van der Waals surface area contributed by atoms with Gasteiger partial charge >= 0.3 is 0 Å². The Kier molecular flexibility index (Phi) is 6.44. The third-order valence-corrected chi connectivity index (χ3v) is 6.57. The Labute approximate surface area is 189 Å². The average Bonchev–Trinajstić information content (AvgIpc) is 2.73. The van der Waals surface area contributed by atoms with E-state index in [1.54, 1.807) is 0 Å². The Balaban J connectivity index is 1.83. The number of aromatic nitrogens is 2. The number of nitrogens with zero attached hydrogens (tertiary/aromatic N) is 2. The Bertz CT molecular complexity index is 1440. The zero-order valence-electron chi connectivity index (χ0n) is 17.0. The smallest absolute Gasteiger partial charge is 0.278 e. The van der Waals surface area contributed by atoms with Crippen LogP contribution in [-0.2, 0) is 24.8 Å². The van der Waals surface area contributed by atoms with Gasteiger partial charge in [-0.2, -0.15) is 0 Å². The van der Waals surface area contributed by atoms with Crippen LogP contribution in [0, 0.1) is 0 Å². The van der Waals surface area contributed by atoms with Crippen molar-refractivity contribution in [3.8, 4) is 11.3 Å². The number of amides is 2. The molecule has 33 heavy (non-hydrogen) atoms. The molecular formula is C19H18N6O6S2. The van der Waals surface area contributed by atoms with Gasteiger partial charge in [-0.1, -0.05) is 12.1 Å². The fourth-order valence-corrected chi connectivity index (χ4v) is 4.18. The number of hydrogen-bond acceptors (Lipinski definition) is 9. The van der Waals surface area contributed by atoms with Crippen LogP contribution in [-0.4, -0.2) is 38.6 Å². The normalized spacial score (nSPS) is 11.6. The molecule has 0 bridgehead atoms. The number of nitrogen functional groups attached to an aromatic ring is 1. The van der Waals surface area contributed by atoms with Crippen LogP contribution in [0.4, 0.5) is 11.5 Å². The van der Waals surface area contributed by atoms with Gasteiger partial charge in [0.2, 0.25) is 15.9 Å². The van der Waals surface area contributed by atoms with Crippen LogP contribution in [0.2, 0.25) is 0 Å². The van der Waals surface area contributed by atoms with Gasteiger partial charge in [0.25, 0.3) is 15.9 Å². The molecule has 2 aromatic carbocycles. The topological polar surface area (TPSA) is 204 Å². The van der Waals surface area contributed by atoms with E-state index in [-0.39, 0.29) is 32.7 Å². The molecule has 0 radical (unpaired) electrons. The van der Waals surface area contributed by atoms with E-state index < -0.39 is 31.9 Å². The van der Waals surface area contributed by atoms with Gasteiger partial charge < -0.3 is 11.1 Å². The highest BCUT2D eigenvalue weighted by molar-refractivity contribution is 7.90. The number of hydrogen-bond donors (Lipinski definition) is 4. The van der Waals surface area contributed by atoms with E-state index in [0.717, 1.165) is 6.92 Å². The Morgan fingerprint density at radius 1 is 0.909 bits per heavy atom. The van der Waals surface area contributed by atoms with E-state index in [0.29, 0.717) is 5.56 Å². The molecule has 0 saturated carbocycles. The van der Waals surface area contributed by atoms with Gasteiger partial charge in [0.1, 0.15) is 0 Å². The van der Waals surface area contributed by atoms with E-state index in [1.807, 2.05) is 4.72 Å². The maximum Gasteiger partial charge on any atom is 0.278 e. The van der Waals surface area contributed by atoms with Crippen molar-refractivity contribution in [3.05, 3.63) is 60.4 Å². The van der Waals surface area contributed by atoms with Crippen molar-refractivity contribution in [2.45, 2.75) is 16.7 Å². The summed E-state index contributed by atoms with van der Waals surface area (Å²) in [7, 11) is -7.87. The van der Waals surface area contributed by atoms with Gasteiger partial charge in [-0.05, 0) is 36.4 Å². The van der Waals surface area contributed by atoms with Crippen LogP contribution in [0.5, 0.6) is 0 Å². The summed E-state index contributed by atoms with van der Waals surface area (Å²) >= 11 is 0. The number of nitrogens with two attached hydrogens (primary N) is 2. The first-order valence-corrected chi connectivity index (χ1v) is 12.1. The van der Waals surface area contributed by atoms with Crippen LogP contribution in [0.15, 0.2) is 64.5 Å². The molecule has 12 nitrogen and oxygen atoms in total. The Morgan fingerprint density at radius 3 is 2.03 bits per heavy atom. The van der Waals surface area contributed by atoms with Crippen LogP contribution in [0.1, 0.15) is 17.4 Å². The molecule has 1 heterocycles. The summed E-state index contributed by atoms with van der Waals surface area (Å²) in [5, 5.41) is 7.61. The summed E-state index contributed by atoms with van der Waals surface area (Å²) < 4.78 is 48.6. The van der Waals surface area contributed by atoms with Crippen molar-refractivity contribution < 1.29 is 26.4 Å². The molecule has 172 valence electrons. The van der Waals surface area contributed by atoms with E-state index in [4.69, 9.17) is 10.9 Å². The van der Waals surface area contributed by atoms with Crippen molar-refractivity contribution in [1.29, 1.82) is 0 Å². The van der Waals surface area contributed by atoms with Crippen molar-refractivity contribution in [1.82, 2.24) is 14.7 Å². The zero-order chi connectivity index (χ0) is 24.4. The highest BCUT2D eigenvalue weighted by Crippen LogP contribution is 2.21. The summed E-state index contributed by atoms with van der Waals surface area (Å²) in [6, 6.07) is 10.6. The molecule has 6 N–H and O–H groups in total. The third kappa shape index (κ3) is 5.68. The number of sulfonamides is 2. The quantitative estimate of drug-likeness (QED) is 0.378. The minimum Gasteiger partial charge on any atom is -0.382 e. The lowest BCUT2D eigenvalue weighted by molar-refractivity contribution is -0.117. The predicted octanol–water partition coefficient (Wildman–Crippen LogP) is 0.450. The lowest BCUT2D eigenvalue weighted by Gasteiger charge is -2.10. The van der Waals surface area contributed by atoms with Gasteiger partial charge in [-0.15, -0.1) is 0 Å². The van der Waals surface area contributed by atoms with Gasteiger partial charge in [0.05, 0.1) is 21.7 Å². The first-order valence-electron chi connectivity index (χ1n) is 9.07. The summed E-state index contributed by atoms with van der Waals surface area (Å²) in [5.41, 5.74) is 6.55. The molecule has 0 aliphatic carbocycles. The maximum absolute atomic E-state index is 12.7. The molecule has 0 saturated heterocycles. The van der Waals surface area contributed by atoms with Crippen LogP contribution >= 0.6 is 0 Å². The van der Waals surface area contributed by atoms with E-state index in [1.165, 1.54) is 54.7 Å². The number of nitrogens with one attached hydrogen (secondary N) is 2. The van der Waals surface area contributed by atoms with E-state index >= 15 is 0 Å². The van der Waals surface area contributed by atoms with Crippen LogP contribution < -0.4 is 20.9 Å². The first kappa shape index (κ1) is 23.8. The van der Waals surface area contributed by atoms with Crippen molar-refractivity contribution in [2.75, 3.05) is 11.1 Å². The number of benzene rings is 2. The Hall–Kier alpha value is -3.88. The fourth-order valence-electron chi connectivity index (χ4n) is 2.68. The lowest BCUT2D eigenvalue weighted by Crippen LogP contribution is -2.28. The first-order chi connectivity index (χ1) is 15.4. The molecule has 1 aromatic heterocycles. The zero-order valence-corrected chi connectivity index (χ0v) is 18.6. The highest BCUT2D eigenvalue weighted by atomic mass is 32.2. The molecule has 0 atom stereocenters. The number of anilines is 2. The van der Waals surface area contributed by atoms with Gasteiger partial charge in [0, 0.05) is 18.2 Å². The highest BCUT2D eigenvalue weighted by Gasteiger charge is 2.18. The van der Waals surface area contributed by atoms with Crippen LogP contribution in [0.25, 0.3) is 11.3 Å². The van der Waals surface area contributed by atoms with E-state index in [2.05, 4.69) is 15.3 Å². The van der Waals surface area contributed by atoms with Gasteiger partial charge in [-0.3, -0.25) is 9.59 Å². The number of rotatable bonds is 6. The third-order valence-electron chi connectivity index (χ3n) is 4.20. The molecule has 14 heteroatoms. The summed E-state index contributed by atoms with van der Waals surface area (Å²) in [6.45, 7) is 1.07. The summed E-state index contributed by atoms with van der Waals surface area (Å²) in [5.74, 6) is -1.59. The van der Waals surface area contributed by atoms with Gasteiger partial charge in [-0.25, -0.2) is 36.7 Å². The van der Waals surface area contributed by atoms with Crippen molar-refractivity contribution >= 4 is 43.4 Å². The molecule has 0 aliphatic heterocycles. The molecule has 2 amide bonds. The molecule has 0 aliphatic rings. The standard InChI is InChI=1S/C19H18N6O6S2/c1-11(26)25-33(30,31)15-8-4-13(5-9-15)23-19(27)17-18(20)22-10-16(24-17)12-2-6-14(7-3-12)32(21,28)29/h2-10H,1H3,(H2,20,22)(H,23,27)(H,25,26)(H2,21,28,29). The van der Waals surface area contributed by atoms with Crippen molar-refractivity contribution in [2.24, 2.45) is 5.14 Å². The maximum atomic E-state index is 12.7. The van der Waals surface area contributed by atoms with E-state index in [9.17, 15) is 26.4 Å². The molecule has 0 fully saturated rings. The molecule has 0 unspecified atom stereocenters. The minimum atomic E-state index is -4.01. The average molecular weight is 491 g/mol. The molecule has 0 spiro atoms. The second kappa shape index (κ2) is 8.93. The monoisotopic (exact) mass is 490 g/mol. The fraction of sp³-hybridized carbons (Fsp3) is 0.0526. The summed E-state index contributed by atoms with van der Waals surface area (Å²) in [4.78, 5) is 31.6. The van der Waals surface area contributed by atoms with Crippen LogP contribution in [0.3, 0.4) is 0 Å².